The maximum Gasteiger partial charge on any atom is 0.343 e. The first kappa shape index (κ1) is 19.8. The molecule has 1 aromatic heterocycles. The van der Waals surface area contributed by atoms with Crippen LogP contribution < -0.4 is 9.64 Å². The summed E-state index contributed by atoms with van der Waals surface area (Å²) >= 11 is 1.59. The first-order chi connectivity index (χ1) is 13.8. The third kappa shape index (κ3) is 3.98. The van der Waals surface area contributed by atoms with Crippen molar-refractivity contribution in [3.63, 3.8) is 0 Å². The second-order valence-corrected chi connectivity index (χ2v) is 10.2. The van der Waals surface area contributed by atoms with Crippen LogP contribution in [0.3, 0.4) is 0 Å². The zero-order chi connectivity index (χ0) is 20.6. The second-order valence-electron chi connectivity index (χ2n) is 7.02. The standard InChI is InChI=1S/C20H21N3O4S2/c1-22(2)29(25,26)16-8-5-14(6-9-16)19(24)27-15-7-10-17-18(13-15)28-20(21-17)23-11-3-4-12-23/h5-10,13H,3-4,11-12H2,1-2H3. The fourth-order valence-electron chi connectivity index (χ4n) is 3.14. The zero-order valence-corrected chi connectivity index (χ0v) is 17.8. The maximum atomic E-state index is 12.5. The molecular formula is C20H21N3O4S2. The van der Waals surface area contributed by atoms with Crippen LogP contribution >= 0.6 is 11.3 Å². The minimum absolute atomic E-state index is 0.125. The van der Waals surface area contributed by atoms with Crippen molar-refractivity contribution in [1.82, 2.24) is 9.29 Å². The number of rotatable bonds is 5. The largest absolute Gasteiger partial charge is 0.423 e. The summed E-state index contributed by atoms with van der Waals surface area (Å²) in [6.07, 6.45) is 2.38. The molecule has 0 spiro atoms. The van der Waals surface area contributed by atoms with Crippen LogP contribution in [0.15, 0.2) is 47.4 Å². The molecule has 1 saturated heterocycles. The number of thiazole rings is 1. The molecule has 29 heavy (non-hydrogen) atoms. The number of hydrogen-bond acceptors (Lipinski definition) is 7. The van der Waals surface area contributed by atoms with Gasteiger partial charge in [0.2, 0.25) is 10.0 Å². The quantitative estimate of drug-likeness (QED) is 0.455. The van der Waals surface area contributed by atoms with Gasteiger partial charge in [0.15, 0.2) is 5.13 Å². The van der Waals surface area contributed by atoms with E-state index in [1.165, 1.54) is 51.2 Å². The van der Waals surface area contributed by atoms with Crippen LogP contribution in [0.2, 0.25) is 0 Å². The minimum Gasteiger partial charge on any atom is -0.423 e. The van der Waals surface area contributed by atoms with Gasteiger partial charge in [-0.1, -0.05) is 11.3 Å². The number of hydrogen-bond donors (Lipinski definition) is 0. The SMILES string of the molecule is CN(C)S(=O)(=O)c1ccc(C(=O)Oc2ccc3nc(N4CCCC4)sc3c2)cc1. The van der Waals surface area contributed by atoms with Gasteiger partial charge in [-0.3, -0.25) is 0 Å². The molecule has 152 valence electrons. The third-order valence-electron chi connectivity index (χ3n) is 4.80. The molecule has 0 bridgehead atoms. The Balaban J connectivity index is 1.51. The Hall–Kier alpha value is -2.49. The maximum absolute atomic E-state index is 12.5. The summed E-state index contributed by atoms with van der Waals surface area (Å²) in [5.74, 6) is -0.105. The van der Waals surface area contributed by atoms with Gasteiger partial charge < -0.3 is 9.64 Å². The van der Waals surface area contributed by atoms with Gasteiger partial charge in [-0.2, -0.15) is 0 Å². The number of anilines is 1. The van der Waals surface area contributed by atoms with Gasteiger partial charge in [-0.05, 0) is 49.2 Å². The first-order valence-corrected chi connectivity index (χ1v) is 11.5. The molecule has 0 atom stereocenters. The third-order valence-corrected chi connectivity index (χ3v) is 7.71. The molecule has 1 aliphatic rings. The molecule has 4 rings (SSSR count). The molecule has 7 nitrogen and oxygen atoms in total. The van der Waals surface area contributed by atoms with E-state index in [1.807, 2.05) is 12.1 Å². The molecular weight excluding hydrogens is 410 g/mol. The van der Waals surface area contributed by atoms with Gasteiger partial charge in [-0.15, -0.1) is 0 Å². The highest BCUT2D eigenvalue weighted by atomic mass is 32.2. The van der Waals surface area contributed by atoms with E-state index in [4.69, 9.17) is 4.74 Å². The van der Waals surface area contributed by atoms with Crippen LogP contribution in [0, 0.1) is 0 Å². The highest BCUT2D eigenvalue weighted by Gasteiger charge is 2.19. The molecule has 2 aromatic carbocycles. The molecule has 0 amide bonds. The van der Waals surface area contributed by atoms with Gasteiger partial charge in [-0.25, -0.2) is 22.5 Å². The number of carbonyl (C=O) groups is 1. The molecule has 0 aliphatic carbocycles. The number of nitrogens with zero attached hydrogens (tertiary/aromatic N) is 3. The summed E-state index contributed by atoms with van der Waals surface area (Å²) < 4.78 is 31.8. The Bertz CT molecular complexity index is 1150. The van der Waals surface area contributed by atoms with Crippen molar-refractivity contribution in [2.24, 2.45) is 0 Å². The van der Waals surface area contributed by atoms with Gasteiger partial charge in [0.25, 0.3) is 0 Å². The van der Waals surface area contributed by atoms with Crippen molar-refractivity contribution in [1.29, 1.82) is 0 Å². The molecule has 0 radical (unpaired) electrons. The molecule has 3 aromatic rings. The monoisotopic (exact) mass is 431 g/mol. The lowest BCUT2D eigenvalue weighted by atomic mass is 10.2. The van der Waals surface area contributed by atoms with Gasteiger partial charge in [0.05, 0.1) is 20.7 Å². The van der Waals surface area contributed by atoms with E-state index >= 15 is 0 Å². The summed E-state index contributed by atoms with van der Waals surface area (Å²) in [4.78, 5) is 19.5. The van der Waals surface area contributed by atoms with E-state index < -0.39 is 16.0 Å². The fraction of sp³-hybridized carbons (Fsp3) is 0.300. The number of ether oxygens (including phenoxy) is 1. The molecule has 9 heteroatoms. The second kappa shape index (κ2) is 7.74. The summed E-state index contributed by atoms with van der Waals surface area (Å²) in [7, 11) is -0.615. The van der Waals surface area contributed by atoms with E-state index in [9.17, 15) is 13.2 Å². The molecule has 0 unspecified atom stereocenters. The average Bonchev–Trinajstić information content (AvgIpc) is 3.37. The van der Waals surface area contributed by atoms with Crippen molar-refractivity contribution >= 4 is 42.7 Å². The van der Waals surface area contributed by atoms with E-state index in [-0.39, 0.29) is 10.5 Å². The highest BCUT2D eigenvalue weighted by Crippen LogP contribution is 2.33. The smallest absolute Gasteiger partial charge is 0.343 e. The van der Waals surface area contributed by atoms with Crippen LogP contribution in [0.4, 0.5) is 5.13 Å². The van der Waals surface area contributed by atoms with Crippen molar-refractivity contribution in [2.75, 3.05) is 32.1 Å². The lowest BCUT2D eigenvalue weighted by Crippen LogP contribution is -2.22. The number of carbonyl (C=O) groups excluding carboxylic acids is 1. The molecule has 1 fully saturated rings. The van der Waals surface area contributed by atoms with Crippen molar-refractivity contribution in [2.45, 2.75) is 17.7 Å². The summed E-state index contributed by atoms with van der Waals surface area (Å²) in [6.45, 7) is 2.06. The van der Waals surface area contributed by atoms with Crippen LogP contribution in [0.1, 0.15) is 23.2 Å². The van der Waals surface area contributed by atoms with Crippen molar-refractivity contribution in [3.8, 4) is 5.75 Å². The minimum atomic E-state index is -3.54. The topological polar surface area (TPSA) is 79.8 Å². The van der Waals surface area contributed by atoms with Crippen LogP contribution in [0.5, 0.6) is 5.75 Å². The van der Waals surface area contributed by atoms with Crippen molar-refractivity contribution in [3.05, 3.63) is 48.0 Å². The van der Waals surface area contributed by atoms with Crippen molar-refractivity contribution < 1.29 is 17.9 Å². The van der Waals surface area contributed by atoms with E-state index in [0.717, 1.165) is 32.7 Å². The lowest BCUT2D eigenvalue weighted by molar-refractivity contribution is 0.0735. The Morgan fingerprint density at radius 1 is 1.10 bits per heavy atom. The number of fused-ring (bicyclic) bond motifs is 1. The molecule has 0 saturated carbocycles. The fourth-order valence-corrected chi connectivity index (χ4v) is 5.09. The summed E-state index contributed by atoms with van der Waals surface area (Å²) in [5.41, 5.74) is 1.17. The number of aromatic nitrogens is 1. The van der Waals surface area contributed by atoms with E-state index in [1.54, 1.807) is 17.4 Å². The van der Waals surface area contributed by atoms with Crippen LogP contribution in [-0.4, -0.2) is 50.9 Å². The number of sulfonamides is 1. The van der Waals surface area contributed by atoms with Gasteiger partial charge in [0.1, 0.15) is 5.75 Å². The van der Waals surface area contributed by atoms with Gasteiger partial charge in [0, 0.05) is 33.3 Å². The van der Waals surface area contributed by atoms with Crippen LogP contribution in [0.25, 0.3) is 10.2 Å². The van der Waals surface area contributed by atoms with E-state index in [2.05, 4.69) is 9.88 Å². The highest BCUT2D eigenvalue weighted by molar-refractivity contribution is 7.89. The Morgan fingerprint density at radius 3 is 2.45 bits per heavy atom. The first-order valence-electron chi connectivity index (χ1n) is 9.25. The molecule has 2 heterocycles. The summed E-state index contributed by atoms with van der Waals surface area (Å²) in [5, 5.41) is 0.999. The average molecular weight is 432 g/mol. The van der Waals surface area contributed by atoms with Crippen LogP contribution in [-0.2, 0) is 10.0 Å². The number of benzene rings is 2. The zero-order valence-electron chi connectivity index (χ0n) is 16.2. The normalized spacial score (nSPS) is 14.7. The predicted molar refractivity (Wildman–Crippen MR) is 113 cm³/mol. The Morgan fingerprint density at radius 2 is 1.79 bits per heavy atom. The number of esters is 1. The molecule has 1 aliphatic heterocycles. The molecule has 0 N–H and O–H groups in total. The van der Waals surface area contributed by atoms with E-state index in [0.29, 0.717) is 5.75 Å². The Labute approximate surface area is 173 Å². The van der Waals surface area contributed by atoms with Gasteiger partial charge >= 0.3 is 5.97 Å². The predicted octanol–water partition coefficient (Wildman–Crippen LogP) is 3.37. The Kier molecular flexibility index (Phi) is 5.28. The lowest BCUT2D eigenvalue weighted by Gasteiger charge is -2.11. The summed E-state index contributed by atoms with van der Waals surface area (Å²) in [6, 6.07) is 11.1.